The quantitative estimate of drug-likeness (QED) is 0.624. The zero-order chi connectivity index (χ0) is 20.7. The number of hydrogen-bond donors (Lipinski definition) is 2. The van der Waals surface area contributed by atoms with Gasteiger partial charge in [-0.2, -0.15) is 0 Å². The van der Waals surface area contributed by atoms with Crippen LogP contribution in [-0.4, -0.2) is 30.4 Å². The zero-order valence-electron chi connectivity index (χ0n) is 14.8. The molecule has 2 rings (SSSR count). The van der Waals surface area contributed by atoms with Crippen LogP contribution in [0.15, 0.2) is 42.5 Å². The van der Waals surface area contributed by atoms with Crippen molar-refractivity contribution >= 4 is 58.3 Å². The maximum atomic E-state index is 12.0. The number of benzene rings is 2. The Bertz CT molecular complexity index is 852. The molecule has 6 nitrogen and oxygen atoms in total. The molecule has 1 atom stereocenters. The van der Waals surface area contributed by atoms with E-state index < -0.39 is 24.5 Å². The van der Waals surface area contributed by atoms with Crippen LogP contribution in [-0.2, 0) is 14.3 Å². The van der Waals surface area contributed by atoms with Crippen molar-refractivity contribution in [1.82, 2.24) is 5.32 Å². The van der Waals surface area contributed by atoms with Crippen LogP contribution < -0.4 is 10.6 Å². The zero-order valence-corrected chi connectivity index (χ0v) is 17.1. The van der Waals surface area contributed by atoms with E-state index in [2.05, 4.69) is 10.6 Å². The standard InChI is InChI=1S/C19H17Cl3N2O4/c1-11(23-19(27)12-5-3-2-4-6-12)7-17(26)28-10-16(25)24-18-14(21)8-13(20)9-15(18)22/h2-6,8-9,11H,7,10H2,1H3,(H,23,27)(H,24,25). The molecule has 2 amide bonds. The summed E-state index contributed by atoms with van der Waals surface area (Å²) in [6.07, 6.45) is -0.0890. The molecule has 1 unspecified atom stereocenters. The van der Waals surface area contributed by atoms with Gasteiger partial charge in [0.05, 0.1) is 22.2 Å². The third-order valence-electron chi connectivity index (χ3n) is 3.52. The Morgan fingerprint density at radius 3 is 2.25 bits per heavy atom. The summed E-state index contributed by atoms with van der Waals surface area (Å²) in [7, 11) is 0. The lowest BCUT2D eigenvalue weighted by molar-refractivity contribution is -0.147. The summed E-state index contributed by atoms with van der Waals surface area (Å²) in [6, 6.07) is 11.0. The SMILES string of the molecule is CC(CC(=O)OCC(=O)Nc1c(Cl)cc(Cl)cc1Cl)NC(=O)c1ccccc1. The smallest absolute Gasteiger partial charge is 0.308 e. The molecule has 0 aliphatic carbocycles. The molecule has 0 spiro atoms. The van der Waals surface area contributed by atoms with Crippen LogP contribution in [0.3, 0.4) is 0 Å². The average molecular weight is 444 g/mol. The van der Waals surface area contributed by atoms with Gasteiger partial charge in [0.2, 0.25) is 0 Å². The fraction of sp³-hybridized carbons (Fsp3) is 0.211. The Balaban J connectivity index is 1.79. The molecular weight excluding hydrogens is 427 g/mol. The molecule has 2 aromatic carbocycles. The number of anilines is 1. The van der Waals surface area contributed by atoms with Gasteiger partial charge in [0.1, 0.15) is 0 Å². The lowest BCUT2D eigenvalue weighted by Crippen LogP contribution is -2.35. The van der Waals surface area contributed by atoms with Crippen molar-refractivity contribution in [2.45, 2.75) is 19.4 Å². The van der Waals surface area contributed by atoms with Crippen LogP contribution in [0.2, 0.25) is 15.1 Å². The van der Waals surface area contributed by atoms with E-state index in [0.29, 0.717) is 10.6 Å². The topological polar surface area (TPSA) is 84.5 Å². The second-order valence-electron chi connectivity index (χ2n) is 5.90. The summed E-state index contributed by atoms with van der Waals surface area (Å²) in [5.74, 6) is -1.55. The number of ether oxygens (including phenoxy) is 1. The molecule has 0 aliphatic heterocycles. The predicted octanol–water partition coefficient (Wildman–Crippen LogP) is 4.34. The second kappa shape index (κ2) is 10.3. The monoisotopic (exact) mass is 442 g/mol. The molecule has 2 aromatic rings. The van der Waals surface area contributed by atoms with E-state index in [1.165, 1.54) is 12.1 Å². The van der Waals surface area contributed by atoms with Crippen LogP contribution in [0, 0.1) is 0 Å². The van der Waals surface area contributed by atoms with Crippen LogP contribution >= 0.6 is 34.8 Å². The van der Waals surface area contributed by atoms with E-state index in [0.717, 1.165) is 0 Å². The highest BCUT2D eigenvalue weighted by atomic mass is 35.5. The largest absolute Gasteiger partial charge is 0.455 e. The summed E-state index contributed by atoms with van der Waals surface area (Å²) in [5, 5.41) is 5.79. The minimum Gasteiger partial charge on any atom is -0.455 e. The lowest BCUT2D eigenvalue weighted by Gasteiger charge is -2.14. The molecule has 148 valence electrons. The van der Waals surface area contributed by atoms with Gasteiger partial charge in [-0.15, -0.1) is 0 Å². The van der Waals surface area contributed by atoms with E-state index in [1.54, 1.807) is 37.3 Å². The van der Waals surface area contributed by atoms with E-state index in [9.17, 15) is 14.4 Å². The van der Waals surface area contributed by atoms with Crippen molar-refractivity contribution in [2.24, 2.45) is 0 Å². The van der Waals surface area contributed by atoms with Gasteiger partial charge in [0.15, 0.2) is 6.61 Å². The Morgan fingerprint density at radius 2 is 1.64 bits per heavy atom. The molecule has 0 bridgehead atoms. The first-order valence-electron chi connectivity index (χ1n) is 8.22. The Morgan fingerprint density at radius 1 is 1.04 bits per heavy atom. The van der Waals surface area contributed by atoms with Crippen LogP contribution in [0.1, 0.15) is 23.7 Å². The lowest BCUT2D eigenvalue weighted by atomic mass is 10.2. The number of nitrogens with one attached hydrogen (secondary N) is 2. The van der Waals surface area contributed by atoms with E-state index >= 15 is 0 Å². The van der Waals surface area contributed by atoms with E-state index in [1.807, 2.05) is 0 Å². The van der Waals surface area contributed by atoms with Crippen molar-refractivity contribution in [3.8, 4) is 0 Å². The van der Waals surface area contributed by atoms with Gasteiger partial charge in [-0.05, 0) is 31.2 Å². The first-order chi connectivity index (χ1) is 13.3. The predicted molar refractivity (Wildman–Crippen MR) is 109 cm³/mol. The van der Waals surface area contributed by atoms with Crippen molar-refractivity contribution < 1.29 is 19.1 Å². The molecule has 28 heavy (non-hydrogen) atoms. The van der Waals surface area contributed by atoms with Crippen molar-refractivity contribution in [3.05, 3.63) is 63.1 Å². The average Bonchev–Trinajstić information content (AvgIpc) is 2.63. The van der Waals surface area contributed by atoms with Gasteiger partial charge >= 0.3 is 5.97 Å². The highest BCUT2D eigenvalue weighted by Gasteiger charge is 2.16. The minimum absolute atomic E-state index is 0.0890. The number of carbonyl (C=O) groups is 3. The summed E-state index contributed by atoms with van der Waals surface area (Å²) in [5.41, 5.74) is 0.663. The van der Waals surface area contributed by atoms with Gasteiger partial charge in [0.25, 0.3) is 11.8 Å². The number of amides is 2. The first-order valence-corrected chi connectivity index (χ1v) is 9.35. The third-order valence-corrected chi connectivity index (χ3v) is 4.34. The fourth-order valence-electron chi connectivity index (χ4n) is 2.24. The third kappa shape index (κ3) is 6.71. The van der Waals surface area contributed by atoms with E-state index in [4.69, 9.17) is 39.5 Å². The number of rotatable bonds is 7. The molecule has 0 fully saturated rings. The summed E-state index contributed by atoms with van der Waals surface area (Å²) < 4.78 is 4.92. The summed E-state index contributed by atoms with van der Waals surface area (Å²) in [6.45, 7) is 1.14. The maximum absolute atomic E-state index is 12.0. The molecule has 0 heterocycles. The number of esters is 1. The second-order valence-corrected chi connectivity index (χ2v) is 7.15. The first kappa shape index (κ1) is 22.0. The highest BCUT2D eigenvalue weighted by molar-refractivity contribution is 6.42. The Labute approximate surface area is 177 Å². The van der Waals surface area contributed by atoms with Crippen molar-refractivity contribution in [1.29, 1.82) is 0 Å². The summed E-state index contributed by atoms with van der Waals surface area (Å²) >= 11 is 17.8. The van der Waals surface area contributed by atoms with E-state index in [-0.39, 0.29) is 28.1 Å². The molecule has 0 radical (unpaired) electrons. The number of hydrogen-bond acceptors (Lipinski definition) is 4. The molecule has 0 saturated carbocycles. The molecule has 0 saturated heterocycles. The molecular formula is C19H17Cl3N2O4. The minimum atomic E-state index is -0.635. The molecule has 0 aromatic heterocycles. The van der Waals surface area contributed by atoms with Crippen molar-refractivity contribution in [3.63, 3.8) is 0 Å². The van der Waals surface area contributed by atoms with Gasteiger partial charge < -0.3 is 15.4 Å². The van der Waals surface area contributed by atoms with Crippen LogP contribution in [0.25, 0.3) is 0 Å². The molecule has 9 heteroatoms. The van der Waals surface area contributed by atoms with Gasteiger partial charge in [-0.25, -0.2) is 0 Å². The van der Waals surface area contributed by atoms with Gasteiger partial charge in [-0.1, -0.05) is 53.0 Å². The van der Waals surface area contributed by atoms with Crippen LogP contribution in [0.4, 0.5) is 5.69 Å². The normalized spacial score (nSPS) is 11.4. The Hall–Kier alpha value is -2.28. The van der Waals surface area contributed by atoms with Crippen LogP contribution in [0.5, 0.6) is 0 Å². The van der Waals surface area contributed by atoms with Crippen molar-refractivity contribution in [2.75, 3.05) is 11.9 Å². The molecule has 2 N–H and O–H groups in total. The fourth-order valence-corrected chi connectivity index (χ4v) is 3.15. The maximum Gasteiger partial charge on any atom is 0.308 e. The van der Waals surface area contributed by atoms with Gasteiger partial charge in [-0.3, -0.25) is 14.4 Å². The number of carbonyl (C=O) groups excluding carboxylic acids is 3. The summed E-state index contributed by atoms with van der Waals surface area (Å²) in [4.78, 5) is 35.9. The highest BCUT2D eigenvalue weighted by Crippen LogP contribution is 2.33. The van der Waals surface area contributed by atoms with Gasteiger partial charge in [0, 0.05) is 16.6 Å². The molecule has 0 aliphatic rings. The Kier molecular flexibility index (Phi) is 8.11. The number of halogens is 3.